The van der Waals surface area contributed by atoms with Gasteiger partial charge in [-0.2, -0.15) is 0 Å². The third kappa shape index (κ3) is 6.37. The Morgan fingerprint density at radius 3 is 2.40 bits per heavy atom. The van der Waals surface area contributed by atoms with Crippen molar-refractivity contribution in [2.45, 2.75) is 52.3 Å². The molecule has 0 heterocycles. The Bertz CT molecular complexity index is 658. The fourth-order valence-electron chi connectivity index (χ4n) is 2.65. The van der Waals surface area contributed by atoms with Crippen LogP contribution in [0, 0.1) is 0 Å². The molecule has 25 heavy (non-hydrogen) atoms. The van der Waals surface area contributed by atoms with Crippen molar-refractivity contribution in [2.75, 3.05) is 7.11 Å². The van der Waals surface area contributed by atoms with Crippen LogP contribution in [0.15, 0.2) is 46.9 Å². The van der Waals surface area contributed by atoms with Crippen LogP contribution in [0.25, 0.3) is 0 Å². The average Bonchev–Trinajstić information content (AvgIpc) is 2.60. The zero-order valence-corrected chi connectivity index (χ0v) is 17.1. The SMILES string of the molecule is COc1cc(CN[C@H](C)CCc2ccccc2)cc(Br)c1OC(C)C. The zero-order valence-electron chi connectivity index (χ0n) is 15.5. The molecule has 2 aromatic rings. The van der Waals surface area contributed by atoms with Gasteiger partial charge >= 0.3 is 0 Å². The maximum absolute atomic E-state index is 5.84. The summed E-state index contributed by atoms with van der Waals surface area (Å²) in [5.41, 5.74) is 2.56. The molecule has 0 radical (unpaired) electrons. The van der Waals surface area contributed by atoms with E-state index in [-0.39, 0.29) is 6.10 Å². The maximum atomic E-state index is 5.84. The van der Waals surface area contributed by atoms with E-state index in [1.165, 1.54) is 11.1 Å². The Kier molecular flexibility index (Phi) is 7.79. The van der Waals surface area contributed by atoms with Crippen molar-refractivity contribution >= 4 is 15.9 Å². The van der Waals surface area contributed by atoms with E-state index in [1.807, 2.05) is 19.9 Å². The van der Waals surface area contributed by atoms with Crippen molar-refractivity contribution in [2.24, 2.45) is 0 Å². The van der Waals surface area contributed by atoms with Crippen LogP contribution in [0.5, 0.6) is 11.5 Å². The lowest BCUT2D eigenvalue weighted by molar-refractivity contribution is 0.228. The third-order valence-electron chi connectivity index (χ3n) is 4.01. The highest BCUT2D eigenvalue weighted by molar-refractivity contribution is 9.10. The number of hydrogen-bond acceptors (Lipinski definition) is 3. The first-order chi connectivity index (χ1) is 12.0. The molecular formula is C21H28BrNO2. The number of benzene rings is 2. The van der Waals surface area contributed by atoms with Gasteiger partial charge in [-0.3, -0.25) is 0 Å². The number of hydrogen-bond donors (Lipinski definition) is 1. The van der Waals surface area contributed by atoms with Crippen molar-refractivity contribution < 1.29 is 9.47 Å². The van der Waals surface area contributed by atoms with Crippen LogP contribution in [-0.2, 0) is 13.0 Å². The molecule has 0 aromatic heterocycles. The molecule has 0 unspecified atom stereocenters. The summed E-state index contributed by atoms with van der Waals surface area (Å²) >= 11 is 3.60. The summed E-state index contributed by atoms with van der Waals surface area (Å²) in [6.07, 6.45) is 2.30. The van der Waals surface area contributed by atoms with Crippen LogP contribution in [0.1, 0.15) is 38.3 Å². The molecule has 1 atom stereocenters. The van der Waals surface area contributed by atoms with Gasteiger partial charge in [0.2, 0.25) is 0 Å². The molecule has 4 heteroatoms. The molecule has 0 amide bonds. The summed E-state index contributed by atoms with van der Waals surface area (Å²) in [7, 11) is 1.68. The number of ether oxygens (including phenoxy) is 2. The molecule has 136 valence electrons. The van der Waals surface area contributed by atoms with E-state index >= 15 is 0 Å². The lowest BCUT2D eigenvalue weighted by atomic mass is 10.1. The van der Waals surface area contributed by atoms with E-state index < -0.39 is 0 Å². The van der Waals surface area contributed by atoms with Gasteiger partial charge in [-0.1, -0.05) is 30.3 Å². The molecule has 0 saturated carbocycles. The highest BCUT2D eigenvalue weighted by Crippen LogP contribution is 2.37. The van der Waals surface area contributed by atoms with Crippen LogP contribution in [-0.4, -0.2) is 19.3 Å². The van der Waals surface area contributed by atoms with Crippen molar-refractivity contribution in [3.63, 3.8) is 0 Å². The Hall–Kier alpha value is -1.52. The first-order valence-corrected chi connectivity index (χ1v) is 9.59. The summed E-state index contributed by atoms with van der Waals surface area (Å²) in [6.45, 7) is 7.05. The molecule has 0 aliphatic carbocycles. The molecule has 2 rings (SSSR count). The summed E-state index contributed by atoms with van der Waals surface area (Å²) in [5.74, 6) is 1.52. The van der Waals surface area contributed by atoms with Gasteiger partial charge in [-0.15, -0.1) is 0 Å². The second-order valence-electron chi connectivity index (χ2n) is 6.58. The minimum absolute atomic E-state index is 0.104. The Labute approximate surface area is 159 Å². The van der Waals surface area contributed by atoms with Gasteiger partial charge in [-0.25, -0.2) is 0 Å². The Morgan fingerprint density at radius 2 is 1.76 bits per heavy atom. The maximum Gasteiger partial charge on any atom is 0.175 e. The minimum atomic E-state index is 0.104. The fourth-order valence-corrected chi connectivity index (χ4v) is 3.23. The van der Waals surface area contributed by atoms with Crippen molar-refractivity contribution in [3.8, 4) is 11.5 Å². The normalized spacial score (nSPS) is 12.2. The number of halogens is 1. The fraction of sp³-hybridized carbons (Fsp3) is 0.429. The van der Waals surface area contributed by atoms with Gasteiger partial charge in [0, 0.05) is 12.6 Å². The van der Waals surface area contributed by atoms with E-state index in [0.717, 1.165) is 35.4 Å². The van der Waals surface area contributed by atoms with Gasteiger partial charge in [0.1, 0.15) is 0 Å². The van der Waals surface area contributed by atoms with Crippen LogP contribution < -0.4 is 14.8 Å². The van der Waals surface area contributed by atoms with Gasteiger partial charge in [0.05, 0.1) is 17.7 Å². The molecule has 0 aliphatic heterocycles. The van der Waals surface area contributed by atoms with Crippen molar-refractivity contribution in [1.29, 1.82) is 0 Å². The summed E-state index contributed by atoms with van der Waals surface area (Å²) in [4.78, 5) is 0. The first kappa shape index (κ1) is 19.8. The predicted molar refractivity (Wildman–Crippen MR) is 108 cm³/mol. The highest BCUT2D eigenvalue weighted by Gasteiger charge is 2.13. The molecule has 0 spiro atoms. The summed E-state index contributed by atoms with van der Waals surface area (Å²) in [6, 6.07) is 15.2. The van der Waals surface area contributed by atoms with Crippen LogP contribution in [0.2, 0.25) is 0 Å². The number of aryl methyl sites for hydroxylation is 1. The second kappa shape index (κ2) is 9.83. The molecular weight excluding hydrogens is 378 g/mol. The number of methoxy groups -OCH3 is 1. The van der Waals surface area contributed by atoms with Gasteiger partial charge < -0.3 is 14.8 Å². The van der Waals surface area contributed by atoms with Crippen LogP contribution in [0.4, 0.5) is 0 Å². The third-order valence-corrected chi connectivity index (χ3v) is 4.60. The quantitative estimate of drug-likeness (QED) is 0.609. The lowest BCUT2D eigenvalue weighted by Gasteiger charge is -2.18. The Balaban J connectivity index is 1.92. The second-order valence-corrected chi connectivity index (χ2v) is 7.44. The molecule has 2 aromatic carbocycles. The molecule has 0 aliphatic rings. The summed E-state index contributed by atoms with van der Waals surface area (Å²) in [5, 5.41) is 3.59. The molecule has 0 fully saturated rings. The van der Waals surface area contributed by atoms with Crippen LogP contribution in [0.3, 0.4) is 0 Å². The van der Waals surface area contributed by atoms with Crippen LogP contribution >= 0.6 is 15.9 Å². The monoisotopic (exact) mass is 405 g/mol. The van der Waals surface area contributed by atoms with Crippen molar-refractivity contribution in [1.82, 2.24) is 5.32 Å². The largest absolute Gasteiger partial charge is 0.493 e. The minimum Gasteiger partial charge on any atom is -0.493 e. The summed E-state index contributed by atoms with van der Waals surface area (Å²) < 4.78 is 12.3. The standard InChI is InChI=1S/C21H28BrNO2/c1-15(2)25-21-19(22)12-18(13-20(21)24-4)14-23-16(3)10-11-17-8-6-5-7-9-17/h5-9,12-13,15-16,23H,10-11,14H2,1-4H3/t16-/m1/s1. The van der Waals surface area contributed by atoms with E-state index in [0.29, 0.717) is 6.04 Å². The number of rotatable bonds is 9. The van der Waals surface area contributed by atoms with E-state index in [1.54, 1.807) is 7.11 Å². The van der Waals surface area contributed by atoms with E-state index in [4.69, 9.17) is 9.47 Å². The molecule has 0 bridgehead atoms. The molecule has 3 nitrogen and oxygen atoms in total. The predicted octanol–water partition coefficient (Wildman–Crippen LogP) is 5.36. The average molecular weight is 406 g/mol. The van der Waals surface area contributed by atoms with Gasteiger partial charge in [-0.05, 0) is 72.8 Å². The Morgan fingerprint density at radius 1 is 1.04 bits per heavy atom. The lowest BCUT2D eigenvalue weighted by Crippen LogP contribution is -2.26. The highest BCUT2D eigenvalue weighted by atomic mass is 79.9. The molecule has 0 saturated heterocycles. The van der Waals surface area contributed by atoms with E-state index in [9.17, 15) is 0 Å². The van der Waals surface area contributed by atoms with Gasteiger partial charge in [0.25, 0.3) is 0 Å². The zero-order chi connectivity index (χ0) is 18.2. The van der Waals surface area contributed by atoms with E-state index in [2.05, 4.69) is 64.6 Å². The number of nitrogens with one attached hydrogen (secondary N) is 1. The topological polar surface area (TPSA) is 30.5 Å². The van der Waals surface area contributed by atoms with Crippen molar-refractivity contribution in [3.05, 3.63) is 58.1 Å². The van der Waals surface area contributed by atoms with Gasteiger partial charge in [0.15, 0.2) is 11.5 Å². The first-order valence-electron chi connectivity index (χ1n) is 8.80. The smallest absolute Gasteiger partial charge is 0.175 e. The molecule has 1 N–H and O–H groups in total.